The maximum atomic E-state index is 15.1. The molecular formula is C22H23F3N6O2S. The maximum Gasteiger partial charge on any atom is 0.250 e. The van der Waals surface area contributed by atoms with Crippen LogP contribution in [-0.4, -0.2) is 27.7 Å². The van der Waals surface area contributed by atoms with Crippen molar-refractivity contribution >= 4 is 35.2 Å². The summed E-state index contributed by atoms with van der Waals surface area (Å²) in [4.78, 5) is 15.9. The number of hydrogen-bond acceptors (Lipinski definition) is 8. The van der Waals surface area contributed by atoms with E-state index in [-0.39, 0.29) is 28.9 Å². The second-order valence-electron chi connectivity index (χ2n) is 7.39. The molecule has 12 heteroatoms. The van der Waals surface area contributed by atoms with Gasteiger partial charge in [-0.3, -0.25) is 14.7 Å². The van der Waals surface area contributed by atoms with E-state index in [9.17, 15) is 14.4 Å². The average molecular weight is 493 g/mol. The number of carbonyl (C=O) groups is 1. The number of hydrogen-bond donors (Lipinski definition) is 5. The third-order valence-electron chi connectivity index (χ3n) is 4.96. The summed E-state index contributed by atoms with van der Waals surface area (Å²) in [5.74, 6) is -4.59. The molecule has 180 valence electrons. The molecule has 0 aliphatic heterocycles. The average Bonchev–Trinajstić information content (AvgIpc) is 2.80. The van der Waals surface area contributed by atoms with Gasteiger partial charge in [-0.1, -0.05) is 17.7 Å². The number of anilines is 3. The highest BCUT2D eigenvalue weighted by molar-refractivity contribution is 7.98. The number of rotatable bonds is 9. The van der Waals surface area contributed by atoms with Gasteiger partial charge in [-0.2, -0.15) is 0 Å². The van der Waals surface area contributed by atoms with Crippen molar-refractivity contribution in [3.05, 3.63) is 81.8 Å². The third kappa shape index (κ3) is 5.59. The number of halogens is 3. The predicted molar refractivity (Wildman–Crippen MR) is 125 cm³/mol. The summed E-state index contributed by atoms with van der Waals surface area (Å²) in [7, 11) is 1.43. The first-order valence-corrected chi connectivity index (χ1v) is 10.8. The highest BCUT2D eigenvalue weighted by atomic mass is 32.2. The van der Waals surface area contributed by atoms with Gasteiger partial charge in [0.2, 0.25) is 0 Å². The number of amides is 1. The fraction of sp³-hybridized carbons (Fsp3) is 0.182. The van der Waals surface area contributed by atoms with Gasteiger partial charge in [0.1, 0.15) is 0 Å². The first kappa shape index (κ1) is 25.3. The molecule has 0 atom stereocenters. The van der Waals surface area contributed by atoms with Gasteiger partial charge in [-0.25, -0.2) is 23.6 Å². The van der Waals surface area contributed by atoms with Crippen LogP contribution < -0.4 is 21.2 Å². The lowest BCUT2D eigenvalue weighted by Gasteiger charge is -2.17. The third-order valence-corrected chi connectivity index (χ3v) is 5.60. The van der Waals surface area contributed by atoms with Crippen LogP contribution in [0.1, 0.15) is 32.6 Å². The quantitative estimate of drug-likeness (QED) is 0.221. The van der Waals surface area contributed by atoms with Gasteiger partial charge in [0, 0.05) is 25.4 Å². The van der Waals surface area contributed by atoms with Gasteiger partial charge in [0.05, 0.1) is 23.4 Å². The van der Waals surface area contributed by atoms with Crippen LogP contribution in [0.4, 0.5) is 30.4 Å². The van der Waals surface area contributed by atoms with Gasteiger partial charge in [-0.15, -0.1) is 0 Å². The monoisotopic (exact) mass is 492 g/mol. The van der Waals surface area contributed by atoms with E-state index in [1.54, 1.807) is 19.1 Å². The van der Waals surface area contributed by atoms with Crippen molar-refractivity contribution in [1.29, 1.82) is 0 Å². The SMILES string of the molecule is CNN(O)SNc1nccc(Cc2cc(C(N)=O)c(Nc3ccc(C)cc3C)c(F)c2F)c1F. The van der Waals surface area contributed by atoms with Crippen molar-refractivity contribution < 1.29 is 23.2 Å². The van der Waals surface area contributed by atoms with E-state index in [0.29, 0.717) is 22.4 Å². The molecule has 34 heavy (non-hydrogen) atoms. The predicted octanol–water partition coefficient (Wildman–Crippen LogP) is 4.35. The molecule has 0 aliphatic rings. The summed E-state index contributed by atoms with van der Waals surface area (Å²) in [6, 6.07) is 7.71. The number of carbonyl (C=O) groups excluding carboxylic acids is 1. The van der Waals surface area contributed by atoms with Crippen molar-refractivity contribution in [2.75, 3.05) is 17.1 Å². The van der Waals surface area contributed by atoms with E-state index in [2.05, 4.69) is 20.4 Å². The van der Waals surface area contributed by atoms with E-state index in [1.165, 1.54) is 19.3 Å². The summed E-state index contributed by atoms with van der Waals surface area (Å²) in [6.07, 6.45) is 0.886. The Hall–Kier alpha value is -3.32. The molecule has 0 radical (unpaired) electrons. The lowest BCUT2D eigenvalue weighted by Crippen LogP contribution is -2.26. The number of nitrogens with one attached hydrogen (secondary N) is 3. The molecule has 0 saturated heterocycles. The largest absolute Gasteiger partial charge is 0.366 e. The highest BCUT2D eigenvalue weighted by Gasteiger charge is 2.23. The standard InChI is InChI=1S/C22H23F3N6O2S/c1-11-4-5-16(12(2)8-11)29-20-15(21(26)32)10-14(17(23)19(20)25)9-13-6-7-28-22(18(13)24)30-34-31(33)27-3/h4-8,10,27,29,33H,9H2,1-3H3,(H2,26,32)(H,28,30). The van der Waals surface area contributed by atoms with Crippen LogP contribution >= 0.6 is 12.1 Å². The first-order valence-electron chi connectivity index (χ1n) is 10.00. The smallest absolute Gasteiger partial charge is 0.250 e. The second-order valence-corrected chi connectivity index (χ2v) is 8.13. The fourth-order valence-electron chi connectivity index (χ4n) is 3.24. The molecule has 0 unspecified atom stereocenters. The number of nitrogens with two attached hydrogens (primary N) is 1. The van der Waals surface area contributed by atoms with Gasteiger partial charge in [0.25, 0.3) is 5.91 Å². The molecule has 0 spiro atoms. The molecule has 8 nitrogen and oxygen atoms in total. The molecule has 6 N–H and O–H groups in total. The number of aryl methyl sites for hydroxylation is 2. The Labute approximate surface area is 198 Å². The Bertz CT molecular complexity index is 1230. The van der Waals surface area contributed by atoms with Crippen LogP contribution in [-0.2, 0) is 6.42 Å². The molecule has 1 heterocycles. The van der Waals surface area contributed by atoms with Gasteiger partial charge < -0.3 is 11.1 Å². The molecule has 0 fully saturated rings. The number of pyridine rings is 1. The number of benzene rings is 2. The van der Waals surface area contributed by atoms with Gasteiger partial charge >= 0.3 is 0 Å². The molecule has 3 aromatic rings. The molecule has 3 rings (SSSR count). The summed E-state index contributed by atoms with van der Waals surface area (Å²) < 4.78 is 48.0. The second kappa shape index (κ2) is 10.7. The van der Waals surface area contributed by atoms with Crippen molar-refractivity contribution in [2.24, 2.45) is 5.73 Å². The van der Waals surface area contributed by atoms with Crippen LogP contribution in [0, 0.1) is 31.3 Å². The zero-order valence-electron chi connectivity index (χ0n) is 18.5. The minimum Gasteiger partial charge on any atom is -0.366 e. The van der Waals surface area contributed by atoms with Crippen molar-refractivity contribution in [3.63, 3.8) is 0 Å². The molecule has 0 aliphatic carbocycles. The van der Waals surface area contributed by atoms with Crippen LogP contribution in [0.5, 0.6) is 0 Å². The van der Waals surface area contributed by atoms with Crippen molar-refractivity contribution in [1.82, 2.24) is 15.0 Å². The molecule has 1 amide bonds. The van der Waals surface area contributed by atoms with E-state index in [1.807, 2.05) is 13.0 Å². The number of aromatic nitrogens is 1. The zero-order valence-corrected chi connectivity index (χ0v) is 19.4. The Morgan fingerprint density at radius 2 is 1.85 bits per heavy atom. The molecule has 1 aromatic heterocycles. The normalized spacial score (nSPS) is 11.1. The molecule has 0 saturated carbocycles. The summed E-state index contributed by atoms with van der Waals surface area (Å²) in [5.41, 5.74) is 9.07. The van der Waals surface area contributed by atoms with Crippen LogP contribution in [0.2, 0.25) is 0 Å². The Balaban J connectivity index is 1.97. The van der Waals surface area contributed by atoms with E-state index in [4.69, 9.17) is 5.73 Å². The minimum atomic E-state index is -1.31. The van der Waals surface area contributed by atoms with Gasteiger partial charge in [0.15, 0.2) is 23.3 Å². The Kier molecular flexibility index (Phi) is 7.99. The lowest BCUT2D eigenvalue weighted by molar-refractivity contribution is -0.0230. The van der Waals surface area contributed by atoms with Crippen molar-refractivity contribution in [2.45, 2.75) is 20.3 Å². The zero-order chi connectivity index (χ0) is 25.0. The highest BCUT2D eigenvalue weighted by Crippen LogP contribution is 2.32. The van der Waals surface area contributed by atoms with E-state index < -0.39 is 29.0 Å². The number of nitrogens with zero attached hydrogens (tertiary/aromatic N) is 2. The summed E-state index contributed by atoms with van der Waals surface area (Å²) in [5, 5.41) is 12.1. The molecule has 0 bridgehead atoms. The first-order chi connectivity index (χ1) is 16.1. The summed E-state index contributed by atoms with van der Waals surface area (Å²) in [6.45, 7) is 3.67. The molecular weight excluding hydrogens is 469 g/mol. The van der Waals surface area contributed by atoms with Crippen LogP contribution in [0.3, 0.4) is 0 Å². The topological polar surface area (TPSA) is 116 Å². The van der Waals surface area contributed by atoms with Crippen LogP contribution in [0.15, 0.2) is 36.5 Å². The maximum absolute atomic E-state index is 15.1. The fourth-order valence-corrected chi connectivity index (χ4v) is 3.65. The van der Waals surface area contributed by atoms with Gasteiger partial charge in [-0.05, 0) is 53.3 Å². The Morgan fingerprint density at radius 1 is 1.12 bits per heavy atom. The van der Waals surface area contributed by atoms with Crippen molar-refractivity contribution in [3.8, 4) is 0 Å². The van der Waals surface area contributed by atoms with E-state index in [0.717, 1.165) is 17.2 Å². The Morgan fingerprint density at radius 3 is 2.50 bits per heavy atom. The lowest BCUT2D eigenvalue weighted by atomic mass is 9.99. The van der Waals surface area contributed by atoms with E-state index >= 15 is 8.78 Å². The molecule has 2 aromatic carbocycles. The van der Waals surface area contributed by atoms with Crippen LogP contribution in [0.25, 0.3) is 0 Å². The summed E-state index contributed by atoms with van der Waals surface area (Å²) >= 11 is 0.597. The number of primary amides is 1. The number of hydrazine groups is 1. The minimum absolute atomic E-state index is 0.0177.